The molecule has 1 heterocycles. The van der Waals surface area contributed by atoms with Crippen LogP contribution in [0, 0.1) is 6.07 Å². The fraction of sp³-hybridized carbons (Fsp3) is 0.0417. The van der Waals surface area contributed by atoms with E-state index in [4.69, 9.17) is 0 Å². The Morgan fingerprint density at radius 2 is 1.50 bits per heavy atom. The van der Waals surface area contributed by atoms with Crippen molar-refractivity contribution in [3.05, 3.63) is 114 Å². The van der Waals surface area contributed by atoms with E-state index in [1.54, 1.807) is 0 Å². The van der Waals surface area contributed by atoms with Crippen molar-refractivity contribution in [2.45, 2.75) is 5.92 Å². The minimum absolute atomic E-state index is 0. The van der Waals surface area contributed by atoms with Crippen LogP contribution < -0.4 is 0 Å². The van der Waals surface area contributed by atoms with E-state index in [1.807, 2.05) is 24.4 Å². The maximum atomic E-state index is 4.48. The predicted octanol–water partition coefficient (Wildman–Crippen LogP) is 5.71. The Kier molecular flexibility index (Phi) is 4.55. The number of hydrogen-bond donors (Lipinski definition) is 0. The maximum absolute atomic E-state index is 4.48. The van der Waals surface area contributed by atoms with Gasteiger partial charge in [-0.05, 0) is 28.5 Å². The van der Waals surface area contributed by atoms with Crippen molar-refractivity contribution >= 4 is 0 Å². The number of nitrogens with zero attached hydrogens (tertiary/aromatic N) is 1. The molecule has 0 fully saturated rings. The molecule has 1 aliphatic carbocycles. The van der Waals surface area contributed by atoms with Crippen LogP contribution in [0.4, 0.5) is 0 Å². The zero-order valence-electron chi connectivity index (χ0n) is 14.0. The fourth-order valence-electron chi connectivity index (χ4n) is 3.81. The molecule has 1 unspecified atom stereocenters. The first-order valence-electron chi connectivity index (χ1n) is 8.53. The molecule has 0 saturated carbocycles. The van der Waals surface area contributed by atoms with Crippen molar-refractivity contribution in [2.24, 2.45) is 0 Å². The van der Waals surface area contributed by atoms with Gasteiger partial charge in [0.2, 0.25) is 0 Å². The van der Waals surface area contributed by atoms with Gasteiger partial charge in [0, 0.05) is 32.2 Å². The third kappa shape index (κ3) is 2.72. The van der Waals surface area contributed by atoms with Gasteiger partial charge in [0.25, 0.3) is 0 Å². The van der Waals surface area contributed by atoms with Gasteiger partial charge in [-0.15, -0.1) is 29.3 Å². The van der Waals surface area contributed by atoms with Crippen molar-refractivity contribution in [2.75, 3.05) is 0 Å². The molecule has 0 bridgehead atoms. The summed E-state index contributed by atoms with van der Waals surface area (Å²) in [6.07, 6.45) is 1.83. The normalized spacial score (nSPS) is 14.2. The van der Waals surface area contributed by atoms with Crippen LogP contribution in [-0.4, -0.2) is 4.98 Å². The van der Waals surface area contributed by atoms with Gasteiger partial charge in [-0.25, -0.2) is 0 Å². The van der Waals surface area contributed by atoms with Gasteiger partial charge in [-0.1, -0.05) is 72.3 Å². The van der Waals surface area contributed by atoms with E-state index in [0.29, 0.717) is 0 Å². The first-order valence-corrected chi connectivity index (χ1v) is 8.53. The first kappa shape index (κ1) is 16.9. The Morgan fingerprint density at radius 1 is 0.731 bits per heavy atom. The van der Waals surface area contributed by atoms with Gasteiger partial charge in [-0.2, -0.15) is 0 Å². The molecule has 0 amide bonds. The summed E-state index contributed by atoms with van der Waals surface area (Å²) in [5, 5.41) is 0. The fourth-order valence-corrected chi connectivity index (χ4v) is 3.81. The molecule has 0 aliphatic heterocycles. The molecule has 26 heavy (non-hydrogen) atoms. The van der Waals surface area contributed by atoms with Gasteiger partial charge >= 0.3 is 0 Å². The molecule has 1 atom stereocenters. The van der Waals surface area contributed by atoms with E-state index in [-0.39, 0.29) is 26.0 Å². The van der Waals surface area contributed by atoms with Crippen LogP contribution >= 0.6 is 0 Å². The zero-order valence-corrected chi connectivity index (χ0v) is 16.4. The summed E-state index contributed by atoms with van der Waals surface area (Å²) >= 11 is 0. The van der Waals surface area contributed by atoms with Crippen molar-refractivity contribution < 1.29 is 20.1 Å². The first-order chi connectivity index (χ1) is 12.4. The molecular weight excluding hydrogens is 494 g/mol. The van der Waals surface area contributed by atoms with E-state index in [0.717, 1.165) is 11.3 Å². The summed E-state index contributed by atoms with van der Waals surface area (Å²) in [5.41, 5.74) is 8.64. The molecule has 1 radical (unpaired) electrons. The Labute approximate surface area is 167 Å². The summed E-state index contributed by atoms with van der Waals surface area (Å²) in [6.45, 7) is 0. The summed E-state index contributed by atoms with van der Waals surface area (Å²) in [4.78, 5) is 4.48. The van der Waals surface area contributed by atoms with E-state index in [2.05, 4.69) is 77.8 Å². The van der Waals surface area contributed by atoms with Crippen LogP contribution in [0.5, 0.6) is 0 Å². The van der Waals surface area contributed by atoms with Crippen LogP contribution in [0.25, 0.3) is 22.4 Å². The summed E-state index contributed by atoms with van der Waals surface area (Å²) in [7, 11) is 0. The summed E-state index contributed by atoms with van der Waals surface area (Å²) in [6, 6.07) is 33.3. The molecule has 2 heteroatoms. The van der Waals surface area contributed by atoms with E-state index in [1.165, 1.54) is 27.8 Å². The summed E-state index contributed by atoms with van der Waals surface area (Å²) in [5.74, 6) is 0.279. The van der Waals surface area contributed by atoms with Crippen LogP contribution in [0.15, 0.2) is 91.1 Å². The average Bonchev–Trinajstić information content (AvgIpc) is 3.03. The third-order valence-electron chi connectivity index (χ3n) is 4.93. The van der Waals surface area contributed by atoms with Crippen molar-refractivity contribution in [3.8, 4) is 22.4 Å². The van der Waals surface area contributed by atoms with Crippen LogP contribution in [0.1, 0.15) is 22.6 Å². The number of pyridine rings is 1. The van der Waals surface area contributed by atoms with Crippen LogP contribution in [0.3, 0.4) is 0 Å². The van der Waals surface area contributed by atoms with E-state index in [9.17, 15) is 0 Å². The number of hydrogen-bond acceptors (Lipinski definition) is 1. The molecule has 1 nitrogen and oxygen atoms in total. The number of rotatable bonds is 2. The van der Waals surface area contributed by atoms with E-state index >= 15 is 0 Å². The predicted molar refractivity (Wildman–Crippen MR) is 101 cm³/mol. The van der Waals surface area contributed by atoms with Gasteiger partial charge in [-0.3, -0.25) is 0 Å². The Morgan fingerprint density at radius 3 is 2.31 bits per heavy atom. The van der Waals surface area contributed by atoms with Crippen LogP contribution in [0.2, 0.25) is 0 Å². The van der Waals surface area contributed by atoms with Gasteiger partial charge < -0.3 is 4.98 Å². The Balaban J connectivity index is 0.00000168. The van der Waals surface area contributed by atoms with Crippen LogP contribution in [-0.2, 0) is 20.1 Å². The third-order valence-corrected chi connectivity index (χ3v) is 4.93. The quantitative estimate of drug-likeness (QED) is 0.278. The Hall–Kier alpha value is -2.54. The molecule has 3 aromatic carbocycles. The molecule has 0 N–H and O–H groups in total. The maximum Gasteiger partial charge on any atom is 0.0160 e. The van der Waals surface area contributed by atoms with Crippen molar-refractivity contribution in [3.63, 3.8) is 0 Å². The Bertz CT molecular complexity index is 1040. The second-order valence-electron chi connectivity index (χ2n) is 6.36. The molecule has 1 aliphatic rings. The second-order valence-corrected chi connectivity index (χ2v) is 6.36. The number of benzene rings is 3. The standard InChI is InChI=1S/C24H16N.Ir/c1-2-8-17(9-3-1)24-20-11-5-4-10-19(20)22-16-18(13-14-21(22)24)23-12-6-7-15-25-23;/h1-12,14-16,24H;/q-1;. The average molecular weight is 511 g/mol. The molecule has 0 spiro atoms. The number of aromatic nitrogens is 1. The number of fused-ring (bicyclic) bond motifs is 3. The monoisotopic (exact) mass is 511 g/mol. The molecular formula is C24H16IrN-. The van der Waals surface area contributed by atoms with E-state index < -0.39 is 0 Å². The van der Waals surface area contributed by atoms with Crippen molar-refractivity contribution in [1.29, 1.82) is 0 Å². The zero-order chi connectivity index (χ0) is 16.6. The molecule has 5 rings (SSSR count). The second kappa shape index (κ2) is 6.99. The molecule has 4 aromatic rings. The van der Waals surface area contributed by atoms with Gasteiger partial charge in [0.15, 0.2) is 0 Å². The van der Waals surface area contributed by atoms with Crippen molar-refractivity contribution in [1.82, 2.24) is 4.98 Å². The SMILES string of the molecule is [Ir].[c-]1cc2c(cc1-c1ccccn1)-c1ccccc1C2c1ccccc1. The summed E-state index contributed by atoms with van der Waals surface area (Å²) < 4.78 is 0. The molecule has 1 aromatic heterocycles. The minimum atomic E-state index is 0. The smallest absolute Gasteiger partial charge is 0.0160 e. The van der Waals surface area contributed by atoms with Gasteiger partial charge in [0.05, 0.1) is 0 Å². The topological polar surface area (TPSA) is 12.9 Å². The molecule has 0 saturated heterocycles. The minimum Gasteiger partial charge on any atom is -0.305 e. The molecule has 127 valence electrons. The van der Waals surface area contributed by atoms with Gasteiger partial charge in [0.1, 0.15) is 0 Å². The largest absolute Gasteiger partial charge is 0.305 e.